The molecule has 0 aliphatic rings. The maximum absolute atomic E-state index is 12.7. The smallest absolute Gasteiger partial charge is 0.267 e. The van der Waals surface area contributed by atoms with E-state index in [1.54, 1.807) is 0 Å². The second-order valence-electron chi connectivity index (χ2n) is 13.8. The van der Waals surface area contributed by atoms with Crippen molar-refractivity contribution in [2.24, 2.45) is 0 Å². The van der Waals surface area contributed by atoms with Gasteiger partial charge in [-0.1, -0.05) is 168 Å². The second-order valence-corrected chi connectivity index (χ2v) is 15.2. The molecule has 0 saturated heterocycles. The van der Waals surface area contributed by atoms with E-state index in [0.717, 1.165) is 38.5 Å². The van der Waals surface area contributed by atoms with Crippen LogP contribution < -0.4 is 21.3 Å². The van der Waals surface area contributed by atoms with E-state index in [-0.39, 0.29) is 31.6 Å². The Hall–Kier alpha value is -0.990. The molecule has 0 aliphatic carbocycles. The van der Waals surface area contributed by atoms with Crippen LogP contribution in [0.25, 0.3) is 0 Å². The van der Waals surface area contributed by atoms with Crippen molar-refractivity contribution in [3.8, 4) is 0 Å². The lowest BCUT2D eigenvalue weighted by Gasteiger charge is -2.26. The fourth-order valence-electron chi connectivity index (χ4n) is 5.88. The summed E-state index contributed by atoms with van der Waals surface area (Å²) in [6.45, 7) is 4.90. The van der Waals surface area contributed by atoms with Crippen LogP contribution in [-0.4, -0.2) is 44.2 Å². The normalized spacial score (nSPS) is 13.3. The largest absolute Gasteiger partial charge is 0.756 e. The molecule has 9 nitrogen and oxygen atoms in total. The van der Waals surface area contributed by atoms with Crippen molar-refractivity contribution in [1.82, 2.24) is 10.6 Å². The molecule has 2 unspecified atom stereocenters. The van der Waals surface area contributed by atoms with Crippen LogP contribution in [0.15, 0.2) is 0 Å². The molecule has 2 atom stereocenters. The van der Waals surface area contributed by atoms with Crippen LogP contribution in [0.3, 0.4) is 0 Å². The first-order chi connectivity index (χ1) is 23.3. The van der Waals surface area contributed by atoms with E-state index in [2.05, 4.69) is 30.2 Å². The number of rotatable bonds is 38. The van der Waals surface area contributed by atoms with E-state index in [1.807, 2.05) is 0 Å². The highest BCUT2D eigenvalue weighted by molar-refractivity contribution is 7.45. The van der Waals surface area contributed by atoms with Gasteiger partial charge in [0.25, 0.3) is 7.82 Å². The van der Waals surface area contributed by atoms with Crippen LogP contribution in [0.1, 0.15) is 200 Å². The van der Waals surface area contributed by atoms with Gasteiger partial charge in [-0.3, -0.25) is 14.2 Å². The number of hydrogen-bond acceptors (Lipinski definition) is 6. The van der Waals surface area contributed by atoms with Crippen molar-refractivity contribution in [2.45, 2.75) is 206 Å². The number of unbranched alkanes of at least 4 members (excludes halogenated alkanes) is 24. The number of nitrogens with one attached hydrogen (secondary N) is 2. The van der Waals surface area contributed by atoms with Gasteiger partial charge < -0.3 is 30.3 Å². The van der Waals surface area contributed by atoms with Gasteiger partial charge in [0, 0.05) is 25.8 Å². The van der Waals surface area contributed by atoms with Gasteiger partial charge >= 0.3 is 0 Å². The minimum absolute atomic E-state index is 0.0101. The molecule has 0 aromatic rings. The van der Waals surface area contributed by atoms with Crippen LogP contribution in [0.4, 0.5) is 0 Å². The maximum atomic E-state index is 12.7. The molecule has 0 rings (SSSR count). The van der Waals surface area contributed by atoms with Crippen molar-refractivity contribution in [2.75, 3.05) is 26.3 Å². The lowest BCUT2D eigenvalue weighted by molar-refractivity contribution is -0.369. The van der Waals surface area contributed by atoms with Crippen LogP contribution in [0.5, 0.6) is 0 Å². The summed E-state index contributed by atoms with van der Waals surface area (Å²) in [5.74, 6) is -0.248. The molecule has 0 aliphatic heterocycles. The third-order valence-electron chi connectivity index (χ3n) is 9.00. The molecule has 0 bridgehead atoms. The summed E-state index contributed by atoms with van der Waals surface area (Å²) >= 11 is 0. The predicted octanol–water partition coefficient (Wildman–Crippen LogP) is 8.68. The monoisotopic (exact) mass is 704 g/mol. The van der Waals surface area contributed by atoms with Crippen LogP contribution >= 0.6 is 7.82 Å². The van der Waals surface area contributed by atoms with E-state index in [0.29, 0.717) is 25.8 Å². The lowest BCUT2D eigenvalue weighted by Crippen LogP contribution is -2.50. The first-order valence-electron chi connectivity index (χ1n) is 20.3. The summed E-state index contributed by atoms with van der Waals surface area (Å²) in [6.07, 6.45) is 33.6. The summed E-state index contributed by atoms with van der Waals surface area (Å²) in [6, 6.07) is -0.659. The number of phosphoric ester groups is 1. The molecule has 0 fully saturated rings. The van der Waals surface area contributed by atoms with E-state index < -0.39 is 13.9 Å². The van der Waals surface area contributed by atoms with Gasteiger partial charge in [0.1, 0.15) is 0 Å². The van der Waals surface area contributed by atoms with E-state index in [9.17, 15) is 19.0 Å². The summed E-state index contributed by atoms with van der Waals surface area (Å²) in [5.41, 5.74) is 3.68. The van der Waals surface area contributed by atoms with Crippen LogP contribution in [0, 0.1) is 0 Å². The topological polar surface area (TPSA) is 144 Å². The summed E-state index contributed by atoms with van der Waals surface area (Å²) in [7, 11) is -4.50. The Morgan fingerprint density at radius 1 is 0.583 bits per heavy atom. The molecule has 2 amide bonds. The number of amides is 2. The van der Waals surface area contributed by atoms with Gasteiger partial charge in [-0.05, 0) is 12.8 Å². The maximum Gasteiger partial charge on any atom is 0.267 e. The molecule has 286 valence electrons. The highest BCUT2D eigenvalue weighted by Crippen LogP contribution is 2.38. The number of quaternary nitrogens is 1. The second kappa shape index (κ2) is 35.8. The van der Waals surface area contributed by atoms with Crippen molar-refractivity contribution in [1.29, 1.82) is 0 Å². The van der Waals surface area contributed by atoms with Gasteiger partial charge in [-0.2, -0.15) is 0 Å². The highest BCUT2D eigenvalue weighted by atomic mass is 31.2. The Morgan fingerprint density at radius 2 is 0.958 bits per heavy atom. The summed E-state index contributed by atoms with van der Waals surface area (Å²) in [5, 5.41) is 5.73. The zero-order valence-corrected chi connectivity index (χ0v) is 32.4. The van der Waals surface area contributed by atoms with E-state index >= 15 is 0 Å². The molecule has 0 heterocycles. The third-order valence-corrected chi connectivity index (χ3v) is 9.97. The zero-order chi connectivity index (χ0) is 35.4. The fraction of sp³-hybridized carbons (Fsp3) is 0.947. The van der Waals surface area contributed by atoms with Crippen molar-refractivity contribution < 1.29 is 33.8 Å². The fourth-order valence-corrected chi connectivity index (χ4v) is 6.67. The first-order valence-corrected chi connectivity index (χ1v) is 21.8. The zero-order valence-electron chi connectivity index (χ0n) is 31.5. The highest BCUT2D eigenvalue weighted by Gasteiger charge is 2.18. The quantitative estimate of drug-likeness (QED) is 0.0434. The molecule has 0 aromatic heterocycles. The minimum Gasteiger partial charge on any atom is -0.756 e. The Bertz CT molecular complexity index is 773. The molecule has 10 heteroatoms. The Labute approximate surface area is 296 Å². The van der Waals surface area contributed by atoms with Crippen molar-refractivity contribution >= 4 is 19.6 Å². The molecule has 0 aromatic carbocycles. The van der Waals surface area contributed by atoms with Crippen LogP contribution in [-0.2, 0) is 23.2 Å². The molecule has 0 radical (unpaired) electrons. The predicted molar refractivity (Wildman–Crippen MR) is 197 cm³/mol. The summed E-state index contributed by atoms with van der Waals surface area (Å²) < 4.78 is 22.1. The van der Waals surface area contributed by atoms with Gasteiger partial charge in [0.15, 0.2) is 0 Å². The van der Waals surface area contributed by atoms with Crippen LogP contribution in [0.2, 0.25) is 0 Å². The van der Waals surface area contributed by atoms with E-state index in [4.69, 9.17) is 9.05 Å². The van der Waals surface area contributed by atoms with Gasteiger partial charge in [-0.15, -0.1) is 0 Å². The molecular weight excluding hydrogens is 625 g/mol. The van der Waals surface area contributed by atoms with Gasteiger partial charge in [-0.25, -0.2) is 0 Å². The molecular formula is C38H78N3O6P. The summed E-state index contributed by atoms with van der Waals surface area (Å²) in [4.78, 5) is 37.3. The third kappa shape index (κ3) is 34.9. The standard InChI is InChI=1S/C38H78N3O6P/c1-3-5-7-9-11-13-15-17-19-21-23-25-27-30-37(42)40-34-36(35-47-48(44,45)46-33-29-32-39)41-38(43)31-28-26-24-22-20-18-16-14-12-10-8-6-4-2/h36H,3-35,39H2,1-2H3,(H,40,42)(H,41,43)(H,44,45). The van der Waals surface area contributed by atoms with Crippen molar-refractivity contribution in [3.63, 3.8) is 0 Å². The number of phosphoric acid groups is 1. The molecule has 0 saturated carbocycles. The van der Waals surface area contributed by atoms with Gasteiger partial charge in [0.05, 0.1) is 25.8 Å². The van der Waals surface area contributed by atoms with Gasteiger partial charge in [0.2, 0.25) is 11.8 Å². The Balaban J connectivity index is 4.24. The Morgan fingerprint density at radius 3 is 1.35 bits per heavy atom. The molecule has 5 N–H and O–H groups in total. The lowest BCUT2D eigenvalue weighted by atomic mass is 10.0. The van der Waals surface area contributed by atoms with E-state index in [1.165, 1.54) is 128 Å². The average molecular weight is 704 g/mol. The SMILES string of the molecule is CCCCCCCCCCCCCCCC(=O)NCC(COP(=O)([O-])OCCC[NH3+])NC(=O)CCCCCCCCCCCCCCC. The Kier molecular flexibility index (Phi) is 35.1. The van der Waals surface area contributed by atoms with Crippen molar-refractivity contribution in [3.05, 3.63) is 0 Å². The molecule has 0 spiro atoms. The minimum atomic E-state index is -4.50. The average Bonchev–Trinajstić information content (AvgIpc) is 3.06. The number of carbonyl (C=O) groups excluding carboxylic acids is 2. The first kappa shape index (κ1) is 47.0. The molecule has 48 heavy (non-hydrogen) atoms. The number of hydrogen-bond donors (Lipinski definition) is 3. The number of carbonyl (C=O) groups is 2.